The Morgan fingerprint density at radius 3 is 2.39 bits per heavy atom. The first-order chi connectivity index (χ1) is 19.5. The molecule has 3 N–H and O–H groups in total. The Labute approximate surface area is 243 Å². The van der Waals surface area contributed by atoms with Crippen molar-refractivity contribution in [2.24, 2.45) is 0 Å². The number of aliphatic hydroxyl groups is 1. The Balaban J connectivity index is 1.50. The highest BCUT2D eigenvalue weighted by Crippen LogP contribution is 2.40. The number of nitrogens with one attached hydrogen (secondary N) is 2. The number of aryl methyl sites for hydroxylation is 1. The molecule has 10 heteroatoms. The molecule has 1 aliphatic rings. The first-order valence-electron chi connectivity index (χ1n) is 13.3. The highest BCUT2D eigenvalue weighted by Gasteiger charge is 2.49. The van der Waals surface area contributed by atoms with E-state index in [1.807, 2.05) is 75.4 Å². The molecule has 1 aliphatic heterocycles. The lowest BCUT2D eigenvalue weighted by Gasteiger charge is -2.33. The van der Waals surface area contributed by atoms with Gasteiger partial charge in [-0.1, -0.05) is 54.6 Å². The van der Waals surface area contributed by atoms with Gasteiger partial charge in [-0.15, -0.1) is 11.8 Å². The Hall–Kier alpha value is -3.89. The molecule has 216 valence electrons. The van der Waals surface area contributed by atoms with Gasteiger partial charge in [0.1, 0.15) is 17.6 Å². The van der Waals surface area contributed by atoms with Crippen LogP contribution in [0.3, 0.4) is 0 Å². The van der Waals surface area contributed by atoms with Gasteiger partial charge < -0.3 is 25.4 Å². The standard InChI is InChI=1S/C31H34FN3O5S/c1-20-9-7-8-12-22(20)18-33-28(37)27-31(2,3)41-19-35(27)29(38)26(36)25(17-21-10-5-4-6-11-21)34-30(39)40-24-15-13-23(32)14-16-24/h4-16,25-27,36H,17-19H2,1-3H3,(H,33,37)(H,34,39)/t25-,26-,27+/m0/s1. The molecule has 1 fully saturated rings. The zero-order valence-electron chi connectivity index (χ0n) is 23.2. The van der Waals surface area contributed by atoms with Crippen LogP contribution in [0.25, 0.3) is 0 Å². The van der Waals surface area contributed by atoms with E-state index in [-0.39, 0.29) is 24.0 Å². The van der Waals surface area contributed by atoms with Crippen molar-refractivity contribution in [3.63, 3.8) is 0 Å². The smallest absolute Gasteiger partial charge is 0.410 e. The molecule has 3 amide bonds. The van der Waals surface area contributed by atoms with Crippen molar-refractivity contribution in [1.82, 2.24) is 15.5 Å². The monoisotopic (exact) mass is 579 g/mol. The number of hydrogen-bond donors (Lipinski definition) is 3. The fraction of sp³-hybridized carbons (Fsp3) is 0.323. The second-order valence-corrected chi connectivity index (χ2v) is 12.1. The molecule has 0 spiro atoms. The van der Waals surface area contributed by atoms with Crippen molar-refractivity contribution in [2.45, 2.75) is 56.7 Å². The van der Waals surface area contributed by atoms with Crippen molar-refractivity contribution in [1.29, 1.82) is 0 Å². The van der Waals surface area contributed by atoms with Gasteiger partial charge in [0.2, 0.25) is 5.91 Å². The Bertz CT molecular complexity index is 1370. The molecule has 0 aromatic heterocycles. The van der Waals surface area contributed by atoms with Gasteiger partial charge in [0, 0.05) is 11.3 Å². The lowest BCUT2D eigenvalue weighted by Crippen LogP contribution is -2.58. The SMILES string of the molecule is Cc1ccccc1CNC(=O)[C@H]1N(C(=O)[C@@H](O)[C@H](Cc2ccccc2)NC(=O)Oc2ccc(F)cc2)CSC1(C)C. The van der Waals surface area contributed by atoms with E-state index in [2.05, 4.69) is 10.6 Å². The molecule has 0 radical (unpaired) electrons. The summed E-state index contributed by atoms with van der Waals surface area (Å²) < 4.78 is 17.9. The van der Waals surface area contributed by atoms with Crippen LogP contribution in [0, 0.1) is 12.7 Å². The van der Waals surface area contributed by atoms with Crippen LogP contribution in [-0.2, 0) is 22.6 Å². The fourth-order valence-corrected chi connectivity index (χ4v) is 5.88. The largest absolute Gasteiger partial charge is 0.412 e. The summed E-state index contributed by atoms with van der Waals surface area (Å²) in [6.45, 7) is 6.04. The third kappa shape index (κ3) is 7.65. The lowest BCUT2D eigenvalue weighted by molar-refractivity contribution is -0.147. The van der Waals surface area contributed by atoms with Crippen LogP contribution < -0.4 is 15.4 Å². The van der Waals surface area contributed by atoms with Crippen LogP contribution in [-0.4, -0.2) is 56.7 Å². The summed E-state index contributed by atoms with van der Waals surface area (Å²) in [5.41, 5.74) is 2.78. The number of amides is 3. The van der Waals surface area contributed by atoms with E-state index in [1.54, 1.807) is 0 Å². The minimum absolute atomic E-state index is 0.103. The van der Waals surface area contributed by atoms with E-state index in [4.69, 9.17) is 4.74 Å². The van der Waals surface area contributed by atoms with Gasteiger partial charge in [-0.3, -0.25) is 9.59 Å². The first kappa shape index (κ1) is 30.1. The van der Waals surface area contributed by atoms with E-state index < -0.39 is 40.8 Å². The van der Waals surface area contributed by atoms with Gasteiger partial charge in [-0.05, 0) is 68.1 Å². The number of thioether (sulfide) groups is 1. The van der Waals surface area contributed by atoms with Crippen LogP contribution in [0.15, 0.2) is 78.9 Å². The fourth-order valence-electron chi connectivity index (χ4n) is 4.74. The molecular weight excluding hydrogens is 545 g/mol. The number of benzene rings is 3. The normalized spacial score (nSPS) is 17.4. The Morgan fingerprint density at radius 2 is 1.71 bits per heavy atom. The minimum Gasteiger partial charge on any atom is -0.410 e. The number of hydrogen-bond acceptors (Lipinski definition) is 6. The van der Waals surface area contributed by atoms with E-state index in [1.165, 1.54) is 28.8 Å². The van der Waals surface area contributed by atoms with Gasteiger partial charge in [0.25, 0.3) is 5.91 Å². The summed E-state index contributed by atoms with van der Waals surface area (Å²) in [6, 6.07) is 19.8. The van der Waals surface area contributed by atoms with E-state index in [0.29, 0.717) is 6.54 Å². The average molecular weight is 580 g/mol. The van der Waals surface area contributed by atoms with E-state index in [9.17, 15) is 23.9 Å². The number of ether oxygens (including phenoxy) is 1. The Morgan fingerprint density at radius 1 is 1.05 bits per heavy atom. The van der Waals surface area contributed by atoms with Gasteiger partial charge in [-0.25, -0.2) is 9.18 Å². The van der Waals surface area contributed by atoms with Crippen LogP contribution in [0.2, 0.25) is 0 Å². The molecule has 8 nitrogen and oxygen atoms in total. The van der Waals surface area contributed by atoms with Crippen molar-refractivity contribution < 1.29 is 28.6 Å². The molecule has 3 aromatic rings. The molecule has 0 aliphatic carbocycles. The molecule has 4 rings (SSSR count). The highest BCUT2D eigenvalue weighted by molar-refractivity contribution is 8.00. The maximum absolute atomic E-state index is 13.7. The number of halogens is 1. The summed E-state index contributed by atoms with van der Waals surface area (Å²) >= 11 is 1.44. The van der Waals surface area contributed by atoms with Gasteiger partial charge in [0.15, 0.2) is 6.10 Å². The molecule has 1 saturated heterocycles. The maximum atomic E-state index is 13.7. The topological polar surface area (TPSA) is 108 Å². The average Bonchev–Trinajstić information content (AvgIpc) is 3.27. The van der Waals surface area contributed by atoms with Crippen molar-refractivity contribution >= 4 is 29.7 Å². The zero-order chi connectivity index (χ0) is 29.6. The molecule has 0 bridgehead atoms. The first-order valence-corrected chi connectivity index (χ1v) is 14.3. The summed E-state index contributed by atoms with van der Waals surface area (Å²) in [5, 5.41) is 16.9. The van der Waals surface area contributed by atoms with Crippen LogP contribution in [0.1, 0.15) is 30.5 Å². The molecule has 1 heterocycles. The van der Waals surface area contributed by atoms with Gasteiger partial charge >= 0.3 is 6.09 Å². The summed E-state index contributed by atoms with van der Waals surface area (Å²) in [6.07, 6.45) is -2.45. The zero-order valence-corrected chi connectivity index (χ0v) is 24.0. The number of rotatable bonds is 9. The predicted molar refractivity (Wildman–Crippen MR) is 156 cm³/mol. The molecule has 0 saturated carbocycles. The Kier molecular flexibility index (Phi) is 9.67. The highest BCUT2D eigenvalue weighted by atomic mass is 32.2. The number of nitrogens with zero attached hydrogens (tertiary/aromatic N) is 1. The van der Waals surface area contributed by atoms with Crippen LogP contribution >= 0.6 is 11.8 Å². The van der Waals surface area contributed by atoms with Crippen molar-refractivity contribution in [3.05, 3.63) is 101 Å². The molecule has 0 unspecified atom stereocenters. The quantitative estimate of drug-likeness (QED) is 0.351. The second kappa shape index (κ2) is 13.2. The summed E-state index contributed by atoms with van der Waals surface area (Å²) in [5.74, 6) is -1.19. The molecular formula is C31H34FN3O5S. The lowest BCUT2D eigenvalue weighted by atomic mass is 9.97. The second-order valence-electron chi connectivity index (χ2n) is 10.5. The molecule has 3 aromatic carbocycles. The predicted octanol–water partition coefficient (Wildman–Crippen LogP) is 4.19. The van der Waals surface area contributed by atoms with Crippen molar-refractivity contribution in [3.8, 4) is 5.75 Å². The number of carbonyl (C=O) groups is 3. The minimum atomic E-state index is -1.67. The third-order valence-electron chi connectivity index (χ3n) is 7.05. The van der Waals surface area contributed by atoms with E-state index >= 15 is 0 Å². The van der Waals surface area contributed by atoms with E-state index in [0.717, 1.165) is 28.8 Å². The van der Waals surface area contributed by atoms with Crippen molar-refractivity contribution in [2.75, 3.05) is 5.88 Å². The maximum Gasteiger partial charge on any atom is 0.412 e. The molecule has 3 atom stereocenters. The van der Waals surface area contributed by atoms with Crippen LogP contribution in [0.4, 0.5) is 9.18 Å². The summed E-state index contributed by atoms with van der Waals surface area (Å²) in [7, 11) is 0. The van der Waals surface area contributed by atoms with Crippen LogP contribution in [0.5, 0.6) is 5.75 Å². The molecule has 41 heavy (non-hydrogen) atoms. The van der Waals surface area contributed by atoms with Gasteiger partial charge in [0.05, 0.1) is 11.9 Å². The summed E-state index contributed by atoms with van der Waals surface area (Å²) in [4.78, 5) is 41.3. The number of aliphatic hydroxyl groups excluding tert-OH is 1. The third-order valence-corrected chi connectivity index (χ3v) is 8.43. The number of carbonyl (C=O) groups excluding carboxylic acids is 3. The van der Waals surface area contributed by atoms with Gasteiger partial charge in [-0.2, -0.15) is 0 Å².